The number of imide groups is 1. The zero-order valence-electron chi connectivity index (χ0n) is 10.6. The third kappa shape index (κ3) is 4.25. The van der Waals surface area contributed by atoms with E-state index in [4.69, 9.17) is 0 Å². The van der Waals surface area contributed by atoms with Crippen molar-refractivity contribution in [3.8, 4) is 0 Å². The lowest BCUT2D eigenvalue weighted by Gasteiger charge is -2.32. The average Bonchev–Trinajstić information content (AvgIpc) is 2.25. The monoisotopic (exact) mass is 312 g/mol. The largest absolute Gasteiger partial charge is 0.294 e. The van der Waals surface area contributed by atoms with Crippen molar-refractivity contribution in [2.24, 2.45) is 0 Å². The van der Waals surface area contributed by atoms with Crippen molar-refractivity contribution in [3.05, 3.63) is 0 Å². The van der Waals surface area contributed by atoms with E-state index in [2.05, 4.69) is 5.32 Å². The second-order valence-electron chi connectivity index (χ2n) is 4.33. The van der Waals surface area contributed by atoms with E-state index < -0.39 is 55.8 Å². The third-order valence-corrected chi connectivity index (χ3v) is 5.69. The molecule has 0 spiro atoms. The van der Waals surface area contributed by atoms with Crippen LogP contribution in [0.15, 0.2) is 0 Å². The molecule has 1 N–H and O–H groups in total. The lowest BCUT2D eigenvalue weighted by molar-refractivity contribution is -0.137. The van der Waals surface area contributed by atoms with E-state index in [9.17, 15) is 26.4 Å². The molecule has 0 aromatic carbocycles. The van der Waals surface area contributed by atoms with Gasteiger partial charge >= 0.3 is 0 Å². The molecule has 0 saturated carbocycles. The SMILES string of the molecule is CCC1C(=O)NC(=O)CN1S(=O)(=O)CCS(C)(=O)=O. The lowest BCUT2D eigenvalue weighted by atomic mass is 10.2. The van der Waals surface area contributed by atoms with E-state index in [1.165, 1.54) is 0 Å². The lowest BCUT2D eigenvalue weighted by Crippen LogP contribution is -2.60. The molecule has 0 aliphatic carbocycles. The van der Waals surface area contributed by atoms with Crippen molar-refractivity contribution in [1.29, 1.82) is 0 Å². The minimum atomic E-state index is -3.97. The molecule has 1 atom stereocenters. The van der Waals surface area contributed by atoms with Gasteiger partial charge in [0.1, 0.15) is 15.9 Å². The number of hydrogen-bond donors (Lipinski definition) is 1. The van der Waals surface area contributed by atoms with E-state index in [0.717, 1.165) is 10.6 Å². The topological polar surface area (TPSA) is 118 Å². The van der Waals surface area contributed by atoms with Crippen molar-refractivity contribution in [2.75, 3.05) is 24.3 Å². The summed E-state index contributed by atoms with van der Waals surface area (Å²) < 4.78 is 46.8. The Kier molecular flexibility index (Phi) is 4.69. The van der Waals surface area contributed by atoms with Crippen molar-refractivity contribution in [1.82, 2.24) is 9.62 Å². The molecule has 0 radical (unpaired) electrons. The molecule has 1 saturated heterocycles. The molecular weight excluding hydrogens is 296 g/mol. The first-order chi connectivity index (χ1) is 8.57. The Labute approximate surface area is 112 Å². The van der Waals surface area contributed by atoms with Gasteiger partial charge < -0.3 is 0 Å². The van der Waals surface area contributed by atoms with E-state index >= 15 is 0 Å². The summed E-state index contributed by atoms with van der Waals surface area (Å²) in [5.41, 5.74) is 0. The first-order valence-corrected chi connectivity index (χ1v) is 9.24. The predicted octanol–water partition coefficient (Wildman–Crippen LogP) is -1.90. The maximum absolute atomic E-state index is 12.0. The van der Waals surface area contributed by atoms with Gasteiger partial charge in [-0.2, -0.15) is 4.31 Å². The summed E-state index contributed by atoms with van der Waals surface area (Å²) >= 11 is 0. The van der Waals surface area contributed by atoms with Crippen LogP contribution < -0.4 is 5.32 Å². The molecular formula is C9H16N2O6S2. The number of rotatable bonds is 5. The summed E-state index contributed by atoms with van der Waals surface area (Å²) in [6.45, 7) is 1.15. The number of carbonyl (C=O) groups excluding carboxylic acids is 2. The summed E-state index contributed by atoms with van der Waals surface area (Å²) in [6, 6.07) is -0.970. The fourth-order valence-electron chi connectivity index (χ4n) is 1.70. The Bertz CT molecular complexity index is 580. The first kappa shape index (κ1) is 16.1. The summed E-state index contributed by atoms with van der Waals surface area (Å²) in [7, 11) is -7.41. The molecule has 2 amide bonds. The molecule has 1 aliphatic rings. The zero-order valence-corrected chi connectivity index (χ0v) is 12.3. The standard InChI is InChI=1S/C9H16N2O6S2/c1-3-7-9(13)10-8(12)6-11(7)19(16,17)5-4-18(2,14)15/h7H,3-6H2,1-2H3,(H,10,12,13). The van der Waals surface area contributed by atoms with Crippen molar-refractivity contribution < 1.29 is 26.4 Å². The van der Waals surface area contributed by atoms with Crippen LogP contribution in [0.2, 0.25) is 0 Å². The molecule has 1 rings (SSSR count). The van der Waals surface area contributed by atoms with Crippen LogP contribution in [0.25, 0.3) is 0 Å². The highest BCUT2D eigenvalue weighted by molar-refractivity contribution is 7.93. The molecule has 110 valence electrons. The Morgan fingerprint density at radius 1 is 1.21 bits per heavy atom. The summed E-state index contributed by atoms with van der Waals surface area (Å²) in [4.78, 5) is 22.8. The number of piperazine rings is 1. The normalized spacial score (nSPS) is 22.3. The molecule has 0 aromatic heterocycles. The minimum absolute atomic E-state index is 0.206. The van der Waals surface area contributed by atoms with Crippen molar-refractivity contribution in [3.63, 3.8) is 0 Å². The first-order valence-electron chi connectivity index (χ1n) is 5.58. The van der Waals surface area contributed by atoms with Gasteiger partial charge in [0.25, 0.3) is 0 Å². The zero-order chi connectivity index (χ0) is 14.8. The average molecular weight is 312 g/mol. The fraction of sp³-hybridized carbons (Fsp3) is 0.778. The summed E-state index contributed by atoms with van der Waals surface area (Å²) in [5, 5.41) is 2.05. The van der Waals surface area contributed by atoms with E-state index in [1.807, 2.05) is 0 Å². The van der Waals surface area contributed by atoms with Gasteiger partial charge in [0, 0.05) is 6.26 Å². The summed E-state index contributed by atoms with van der Waals surface area (Å²) in [6.07, 6.45) is 1.13. The minimum Gasteiger partial charge on any atom is -0.294 e. The van der Waals surface area contributed by atoms with Crippen LogP contribution in [0.3, 0.4) is 0 Å². The second-order valence-corrected chi connectivity index (χ2v) is 8.63. The Morgan fingerprint density at radius 2 is 1.79 bits per heavy atom. The van der Waals surface area contributed by atoms with Crippen LogP contribution in [-0.4, -0.2) is 63.3 Å². The molecule has 1 fully saturated rings. The number of sulfone groups is 1. The van der Waals surface area contributed by atoms with Gasteiger partial charge in [0.2, 0.25) is 21.8 Å². The quantitative estimate of drug-likeness (QED) is 0.592. The fourth-order valence-corrected chi connectivity index (χ4v) is 4.93. The molecule has 1 aliphatic heterocycles. The van der Waals surface area contributed by atoms with Crippen molar-refractivity contribution >= 4 is 31.7 Å². The molecule has 0 aromatic rings. The summed E-state index contributed by atoms with van der Waals surface area (Å²) in [5.74, 6) is -2.57. The van der Waals surface area contributed by atoms with Crippen LogP contribution in [0.1, 0.15) is 13.3 Å². The van der Waals surface area contributed by atoms with Gasteiger partial charge in [-0.05, 0) is 6.42 Å². The number of hydrogen-bond acceptors (Lipinski definition) is 6. The van der Waals surface area contributed by atoms with Gasteiger partial charge in [0.05, 0.1) is 18.1 Å². The molecule has 8 nitrogen and oxygen atoms in total. The number of nitrogens with zero attached hydrogens (tertiary/aromatic N) is 1. The van der Waals surface area contributed by atoms with Crippen molar-refractivity contribution in [2.45, 2.75) is 19.4 Å². The number of sulfonamides is 1. The van der Waals surface area contributed by atoms with Gasteiger partial charge in [-0.1, -0.05) is 6.92 Å². The third-order valence-electron chi connectivity index (χ3n) is 2.67. The Balaban J connectivity index is 2.96. The van der Waals surface area contributed by atoms with E-state index in [0.29, 0.717) is 0 Å². The Morgan fingerprint density at radius 3 is 2.26 bits per heavy atom. The second kappa shape index (κ2) is 5.55. The van der Waals surface area contributed by atoms with Crippen LogP contribution in [0, 0.1) is 0 Å². The predicted molar refractivity (Wildman–Crippen MR) is 67.4 cm³/mol. The molecule has 19 heavy (non-hydrogen) atoms. The number of nitrogens with one attached hydrogen (secondary N) is 1. The smallest absolute Gasteiger partial charge is 0.245 e. The van der Waals surface area contributed by atoms with Crippen LogP contribution in [0.5, 0.6) is 0 Å². The van der Waals surface area contributed by atoms with Crippen LogP contribution >= 0.6 is 0 Å². The maximum Gasteiger partial charge on any atom is 0.245 e. The van der Waals surface area contributed by atoms with Gasteiger partial charge in [-0.25, -0.2) is 16.8 Å². The van der Waals surface area contributed by atoms with Gasteiger partial charge in [-0.3, -0.25) is 14.9 Å². The van der Waals surface area contributed by atoms with Gasteiger partial charge in [0.15, 0.2) is 0 Å². The highest BCUT2D eigenvalue weighted by Crippen LogP contribution is 2.15. The maximum atomic E-state index is 12.0. The molecule has 1 unspecified atom stereocenters. The Hall–Kier alpha value is -1.00. The highest BCUT2D eigenvalue weighted by atomic mass is 32.2. The molecule has 10 heteroatoms. The highest BCUT2D eigenvalue weighted by Gasteiger charge is 2.39. The van der Waals surface area contributed by atoms with E-state index in [-0.39, 0.29) is 6.42 Å². The molecule has 0 bridgehead atoms. The van der Waals surface area contributed by atoms with Gasteiger partial charge in [-0.15, -0.1) is 0 Å². The number of amides is 2. The van der Waals surface area contributed by atoms with Crippen LogP contribution in [-0.2, 0) is 29.4 Å². The van der Waals surface area contributed by atoms with Crippen LogP contribution in [0.4, 0.5) is 0 Å². The number of carbonyl (C=O) groups is 2. The molecule has 1 heterocycles. The van der Waals surface area contributed by atoms with E-state index in [1.54, 1.807) is 6.92 Å².